The van der Waals surface area contributed by atoms with Crippen LogP contribution in [0.4, 0.5) is 11.6 Å². The molecule has 0 bridgehead atoms. The van der Waals surface area contributed by atoms with E-state index in [4.69, 9.17) is 0 Å². The van der Waals surface area contributed by atoms with Crippen LogP contribution in [0.25, 0.3) is 0 Å². The van der Waals surface area contributed by atoms with E-state index in [1.165, 1.54) is 6.42 Å². The van der Waals surface area contributed by atoms with Gasteiger partial charge in [-0.25, -0.2) is 9.97 Å². The van der Waals surface area contributed by atoms with Crippen molar-refractivity contribution in [2.75, 3.05) is 23.3 Å². The fourth-order valence-corrected chi connectivity index (χ4v) is 2.32. The fraction of sp³-hybridized carbons (Fsp3) is 0.375. The number of hydrogen-bond acceptors (Lipinski definition) is 5. The summed E-state index contributed by atoms with van der Waals surface area (Å²) < 4.78 is 0. The number of rotatable bonds is 5. The van der Waals surface area contributed by atoms with Gasteiger partial charge in [0.15, 0.2) is 5.82 Å². The largest absolute Gasteiger partial charge is 0.356 e. The molecule has 1 aliphatic heterocycles. The Balaban J connectivity index is 1.71. The summed E-state index contributed by atoms with van der Waals surface area (Å²) in [5.41, 5.74) is 1.33. The highest BCUT2D eigenvalue weighted by Gasteiger charge is 2.16. The number of hydrogen-bond donors (Lipinski definition) is 1. The van der Waals surface area contributed by atoms with Crippen molar-refractivity contribution in [2.45, 2.75) is 26.2 Å². The summed E-state index contributed by atoms with van der Waals surface area (Å²) in [6.45, 7) is 4.15. The summed E-state index contributed by atoms with van der Waals surface area (Å²) in [7, 11) is 0. The molecular weight excluding hydrogens is 278 g/mol. The van der Waals surface area contributed by atoms with Crippen molar-refractivity contribution >= 4 is 17.5 Å². The van der Waals surface area contributed by atoms with Crippen molar-refractivity contribution in [3.8, 4) is 0 Å². The van der Waals surface area contributed by atoms with Crippen molar-refractivity contribution < 1.29 is 4.79 Å². The minimum absolute atomic E-state index is 0.208. The van der Waals surface area contributed by atoms with E-state index < -0.39 is 0 Å². The Bertz CT molecular complexity index is 652. The summed E-state index contributed by atoms with van der Waals surface area (Å²) in [5.74, 6) is 1.25. The smallest absolute Gasteiger partial charge is 0.258 e. The molecule has 1 saturated heterocycles. The molecular formula is C16H19N5O. The predicted molar refractivity (Wildman–Crippen MR) is 85.0 cm³/mol. The molecule has 22 heavy (non-hydrogen) atoms. The third-order valence-electron chi connectivity index (χ3n) is 3.68. The number of anilines is 2. The molecule has 2 aromatic heterocycles. The molecule has 1 N–H and O–H groups in total. The number of carbonyl (C=O) groups is 1. The molecule has 0 saturated carbocycles. The van der Waals surface area contributed by atoms with Crippen LogP contribution < -0.4 is 10.2 Å². The molecule has 0 aromatic carbocycles. The Hall–Kier alpha value is -2.50. The Labute approximate surface area is 129 Å². The highest BCUT2D eigenvalue weighted by molar-refractivity contribution is 6.03. The summed E-state index contributed by atoms with van der Waals surface area (Å²) >= 11 is 0. The first kappa shape index (κ1) is 14.4. The van der Waals surface area contributed by atoms with Gasteiger partial charge in [0, 0.05) is 31.7 Å². The van der Waals surface area contributed by atoms with Crippen LogP contribution in [0.2, 0.25) is 0 Å². The van der Waals surface area contributed by atoms with Gasteiger partial charge in [0.05, 0.1) is 11.3 Å². The lowest BCUT2D eigenvalue weighted by atomic mass is 10.2. The van der Waals surface area contributed by atoms with E-state index in [-0.39, 0.29) is 5.91 Å². The highest BCUT2D eigenvalue weighted by atomic mass is 16.1. The van der Waals surface area contributed by atoms with Crippen molar-refractivity contribution in [1.29, 1.82) is 0 Å². The van der Waals surface area contributed by atoms with Gasteiger partial charge in [0.25, 0.3) is 5.91 Å². The molecule has 0 spiro atoms. The Morgan fingerprint density at radius 2 is 2.05 bits per heavy atom. The Kier molecular flexibility index (Phi) is 4.27. The van der Waals surface area contributed by atoms with Gasteiger partial charge in [-0.15, -0.1) is 0 Å². The van der Waals surface area contributed by atoms with Gasteiger partial charge in [-0.1, -0.05) is 13.3 Å². The maximum atomic E-state index is 12.3. The van der Waals surface area contributed by atoms with Crippen LogP contribution in [-0.4, -0.2) is 33.9 Å². The zero-order chi connectivity index (χ0) is 15.4. The molecule has 0 unspecified atom stereocenters. The lowest BCUT2D eigenvalue weighted by molar-refractivity contribution is 0.102. The Morgan fingerprint density at radius 3 is 2.68 bits per heavy atom. The minimum Gasteiger partial charge on any atom is -0.356 e. The molecule has 0 atom stereocenters. The SMILES string of the molecule is CCCc1nccnc1NC(=O)c1ccc(N2CCC2)nc1. The molecule has 0 radical (unpaired) electrons. The standard InChI is InChI=1S/C16H19N5O/c1-2-4-13-15(18-8-7-17-13)20-16(22)12-5-6-14(19-11-12)21-9-3-10-21/h5-8,11H,2-4,9-10H2,1H3,(H,18,20,22). The van der Waals surface area contributed by atoms with Gasteiger partial charge in [-0.05, 0) is 25.0 Å². The first-order chi connectivity index (χ1) is 10.8. The number of amides is 1. The molecule has 6 heteroatoms. The number of nitrogens with zero attached hydrogens (tertiary/aromatic N) is 4. The van der Waals surface area contributed by atoms with Crippen LogP contribution in [0, 0.1) is 0 Å². The number of aryl methyl sites for hydroxylation is 1. The summed E-state index contributed by atoms with van der Waals surface area (Å²) in [4.78, 5) is 27.3. The minimum atomic E-state index is -0.208. The average Bonchev–Trinajstić information content (AvgIpc) is 2.48. The maximum absolute atomic E-state index is 12.3. The quantitative estimate of drug-likeness (QED) is 0.916. The molecule has 3 rings (SSSR count). The molecule has 1 aliphatic rings. The van der Waals surface area contributed by atoms with Crippen LogP contribution in [0.1, 0.15) is 35.8 Å². The van der Waals surface area contributed by atoms with Crippen molar-refractivity contribution in [3.05, 3.63) is 42.0 Å². The van der Waals surface area contributed by atoms with Crippen molar-refractivity contribution in [2.24, 2.45) is 0 Å². The normalized spacial score (nSPS) is 13.6. The fourth-order valence-electron chi connectivity index (χ4n) is 2.32. The first-order valence-electron chi connectivity index (χ1n) is 7.60. The summed E-state index contributed by atoms with van der Waals surface area (Å²) in [6, 6.07) is 3.68. The average molecular weight is 297 g/mol. The lowest BCUT2D eigenvalue weighted by Crippen LogP contribution is -2.37. The van der Waals surface area contributed by atoms with E-state index in [0.29, 0.717) is 11.4 Å². The second-order valence-electron chi connectivity index (χ2n) is 5.30. The molecule has 0 aliphatic carbocycles. The molecule has 6 nitrogen and oxygen atoms in total. The molecule has 114 valence electrons. The van der Waals surface area contributed by atoms with E-state index in [1.807, 2.05) is 6.07 Å². The van der Waals surface area contributed by atoms with Gasteiger partial charge in [-0.3, -0.25) is 9.78 Å². The number of nitrogens with one attached hydrogen (secondary N) is 1. The third kappa shape index (κ3) is 3.05. The topological polar surface area (TPSA) is 71.0 Å². The van der Waals surface area contributed by atoms with Crippen LogP contribution in [-0.2, 0) is 6.42 Å². The second kappa shape index (κ2) is 6.51. The molecule has 1 fully saturated rings. The van der Waals surface area contributed by atoms with E-state index in [0.717, 1.165) is 37.4 Å². The van der Waals surface area contributed by atoms with Crippen LogP contribution in [0.15, 0.2) is 30.7 Å². The van der Waals surface area contributed by atoms with Gasteiger partial charge < -0.3 is 10.2 Å². The van der Waals surface area contributed by atoms with Crippen molar-refractivity contribution in [1.82, 2.24) is 15.0 Å². The van der Waals surface area contributed by atoms with Crippen molar-refractivity contribution in [3.63, 3.8) is 0 Å². The van der Waals surface area contributed by atoms with Crippen LogP contribution in [0.3, 0.4) is 0 Å². The zero-order valence-corrected chi connectivity index (χ0v) is 12.6. The van der Waals surface area contributed by atoms with E-state index in [1.54, 1.807) is 24.7 Å². The second-order valence-corrected chi connectivity index (χ2v) is 5.30. The predicted octanol–water partition coefficient (Wildman–Crippen LogP) is 2.29. The van der Waals surface area contributed by atoms with Gasteiger partial charge in [0.1, 0.15) is 5.82 Å². The highest BCUT2D eigenvalue weighted by Crippen LogP contribution is 2.18. The number of aromatic nitrogens is 3. The number of carbonyl (C=O) groups excluding carboxylic acids is 1. The van der Waals surface area contributed by atoms with Crippen LogP contribution in [0.5, 0.6) is 0 Å². The number of pyridine rings is 1. The van der Waals surface area contributed by atoms with Gasteiger partial charge >= 0.3 is 0 Å². The van der Waals surface area contributed by atoms with E-state index in [2.05, 4.69) is 32.1 Å². The first-order valence-corrected chi connectivity index (χ1v) is 7.60. The molecule has 2 aromatic rings. The monoisotopic (exact) mass is 297 g/mol. The Morgan fingerprint density at radius 1 is 1.23 bits per heavy atom. The van der Waals surface area contributed by atoms with E-state index in [9.17, 15) is 4.79 Å². The zero-order valence-electron chi connectivity index (χ0n) is 12.6. The van der Waals surface area contributed by atoms with Gasteiger partial charge in [0.2, 0.25) is 0 Å². The summed E-state index contributed by atoms with van der Waals surface area (Å²) in [6.07, 6.45) is 7.78. The van der Waals surface area contributed by atoms with Gasteiger partial charge in [-0.2, -0.15) is 0 Å². The maximum Gasteiger partial charge on any atom is 0.258 e. The lowest BCUT2D eigenvalue weighted by Gasteiger charge is -2.31. The molecule has 3 heterocycles. The van der Waals surface area contributed by atoms with Crippen LogP contribution >= 0.6 is 0 Å². The third-order valence-corrected chi connectivity index (χ3v) is 3.68. The van der Waals surface area contributed by atoms with E-state index >= 15 is 0 Å². The summed E-state index contributed by atoms with van der Waals surface area (Å²) in [5, 5.41) is 2.82. The molecule has 1 amide bonds.